The fraction of sp³-hybridized carbons (Fsp3) is 0.480. The summed E-state index contributed by atoms with van der Waals surface area (Å²) in [5.41, 5.74) is 2.00. The molecule has 2 amide bonds. The van der Waals surface area contributed by atoms with Gasteiger partial charge in [0.25, 0.3) is 5.91 Å². The first kappa shape index (κ1) is 23.8. The van der Waals surface area contributed by atoms with Crippen molar-refractivity contribution < 1.29 is 19.1 Å². The Kier molecular flexibility index (Phi) is 6.92. The number of hydrogen-bond acceptors (Lipinski definition) is 7. The molecule has 1 saturated heterocycles. The van der Waals surface area contributed by atoms with Crippen LogP contribution in [-0.2, 0) is 9.53 Å². The molecule has 4 rings (SSSR count). The number of methoxy groups -OCH3 is 1. The van der Waals surface area contributed by atoms with E-state index in [1.54, 1.807) is 31.2 Å². The minimum atomic E-state index is -0.309. The zero-order valence-electron chi connectivity index (χ0n) is 20.4. The number of hydrogen-bond donors (Lipinski definition) is 2. The predicted octanol–water partition coefficient (Wildman–Crippen LogP) is 3.32. The monoisotopic (exact) mass is 467 g/mol. The van der Waals surface area contributed by atoms with Crippen molar-refractivity contribution in [1.29, 1.82) is 0 Å². The second-order valence-corrected chi connectivity index (χ2v) is 9.03. The van der Waals surface area contributed by atoms with Crippen molar-refractivity contribution in [3.05, 3.63) is 35.9 Å². The summed E-state index contributed by atoms with van der Waals surface area (Å²) in [4.78, 5) is 34.0. The molecule has 0 unspecified atom stereocenters. The topological polar surface area (TPSA) is 96.0 Å². The van der Waals surface area contributed by atoms with Gasteiger partial charge in [-0.3, -0.25) is 9.59 Å². The van der Waals surface area contributed by atoms with Gasteiger partial charge in [-0.1, -0.05) is 0 Å². The molecule has 9 nitrogen and oxygen atoms in total. The Morgan fingerprint density at radius 3 is 2.62 bits per heavy atom. The minimum absolute atomic E-state index is 0.0436. The molecule has 2 aliphatic heterocycles. The molecule has 2 N–H and O–H groups in total. The molecule has 1 aromatic carbocycles. The summed E-state index contributed by atoms with van der Waals surface area (Å²) in [6, 6.07) is 8.96. The van der Waals surface area contributed by atoms with E-state index in [9.17, 15) is 9.59 Å². The molecule has 3 heterocycles. The average molecular weight is 468 g/mol. The molecule has 0 saturated carbocycles. The lowest BCUT2D eigenvalue weighted by atomic mass is 10.0. The summed E-state index contributed by atoms with van der Waals surface area (Å²) < 4.78 is 11.1. The molecule has 0 spiro atoms. The van der Waals surface area contributed by atoms with E-state index < -0.39 is 0 Å². The number of amides is 2. The van der Waals surface area contributed by atoms with Crippen LogP contribution in [0.15, 0.2) is 30.3 Å². The summed E-state index contributed by atoms with van der Waals surface area (Å²) in [7, 11) is 3.36. The van der Waals surface area contributed by atoms with E-state index >= 15 is 0 Å². The van der Waals surface area contributed by atoms with Gasteiger partial charge < -0.3 is 29.9 Å². The van der Waals surface area contributed by atoms with Crippen LogP contribution in [0.1, 0.15) is 44.0 Å². The molecule has 0 radical (unpaired) electrons. The molecule has 0 aliphatic carbocycles. The number of carbonyl (C=O) groups excluding carboxylic acids is 2. The molecular weight excluding hydrogens is 434 g/mol. The molecule has 1 fully saturated rings. The number of nitrogens with one attached hydrogen (secondary N) is 2. The highest BCUT2D eigenvalue weighted by atomic mass is 16.5. The Hall–Kier alpha value is -3.33. The highest BCUT2D eigenvalue weighted by Crippen LogP contribution is 2.39. The maximum absolute atomic E-state index is 12.9. The molecule has 0 bridgehead atoms. The highest BCUT2D eigenvalue weighted by Gasteiger charge is 2.39. The van der Waals surface area contributed by atoms with Crippen molar-refractivity contribution in [2.45, 2.75) is 51.7 Å². The quantitative estimate of drug-likeness (QED) is 0.673. The van der Waals surface area contributed by atoms with Crippen LogP contribution in [0.4, 0.5) is 23.0 Å². The first-order valence-corrected chi connectivity index (χ1v) is 11.7. The molecular formula is C25H33N5O4. The van der Waals surface area contributed by atoms with E-state index in [4.69, 9.17) is 14.5 Å². The number of likely N-dealkylation sites (N-methyl/N-ethyl adjacent to an activating group) is 1. The van der Waals surface area contributed by atoms with Crippen molar-refractivity contribution in [2.24, 2.45) is 0 Å². The largest absolute Gasteiger partial charge is 0.495 e. The van der Waals surface area contributed by atoms with Crippen molar-refractivity contribution >= 4 is 34.8 Å². The lowest BCUT2D eigenvalue weighted by Gasteiger charge is -2.44. The fourth-order valence-electron chi connectivity index (χ4n) is 4.54. The summed E-state index contributed by atoms with van der Waals surface area (Å²) >= 11 is 0. The van der Waals surface area contributed by atoms with Gasteiger partial charge in [0.1, 0.15) is 17.6 Å². The lowest BCUT2D eigenvalue weighted by Crippen LogP contribution is -2.56. The maximum Gasteiger partial charge on any atom is 0.251 e. The summed E-state index contributed by atoms with van der Waals surface area (Å²) in [5.74, 6) is 1.85. The van der Waals surface area contributed by atoms with Gasteiger partial charge in [0.2, 0.25) is 5.91 Å². The number of fused-ring (bicyclic) bond motifs is 1. The van der Waals surface area contributed by atoms with Crippen molar-refractivity contribution in [1.82, 2.24) is 10.3 Å². The predicted molar refractivity (Wildman–Crippen MR) is 132 cm³/mol. The zero-order chi connectivity index (χ0) is 24.4. The third kappa shape index (κ3) is 4.65. The van der Waals surface area contributed by atoms with E-state index in [1.165, 1.54) is 0 Å². The van der Waals surface area contributed by atoms with Crippen molar-refractivity contribution in [3.8, 4) is 5.75 Å². The Bertz CT molecular complexity index is 1070. The van der Waals surface area contributed by atoms with Crippen LogP contribution < -0.4 is 25.2 Å². The van der Waals surface area contributed by atoms with Crippen LogP contribution in [0, 0.1) is 0 Å². The lowest BCUT2D eigenvalue weighted by molar-refractivity contribution is -0.119. The zero-order valence-corrected chi connectivity index (χ0v) is 20.4. The molecule has 182 valence electrons. The van der Waals surface area contributed by atoms with Crippen molar-refractivity contribution in [3.63, 3.8) is 0 Å². The smallest absolute Gasteiger partial charge is 0.251 e. The standard InChI is InChI=1S/C25H33N5O4/c1-15(2)26-24(31)17-6-7-19(21(14-17)33-5)27-22-9-8-20-23(28-22)30(16(3)25(32)29(20)4)18-10-12-34-13-11-18/h6-9,14-16,18H,10-13H2,1-5H3,(H,26,31)(H,27,28)/t16-/m1/s1. The second-order valence-electron chi connectivity index (χ2n) is 9.03. The van der Waals surface area contributed by atoms with Crippen LogP contribution in [-0.4, -0.2) is 62.3 Å². The summed E-state index contributed by atoms with van der Waals surface area (Å²) in [6.07, 6.45) is 1.71. The van der Waals surface area contributed by atoms with Gasteiger partial charge >= 0.3 is 0 Å². The number of pyridine rings is 1. The van der Waals surface area contributed by atoms with E-state index in [0.717, 1.165) is 24.3 Å². The van der Waals surface area contributed by atoms with Crippen molar-refractivity contribution in [2.75, 3.05) is 42.5 Å². The van der Waals surface area contributed by atoms with Gasteiger partial charge in [-0.25, -0.2) is 4.98 Å². The number of aromatic nitrogens is 1. The minimum Gasteiger partial charge on any atom is -0.495 e. The van der Waals surface area contributed by atoms with Gasteiger partial charge in [-0.05, 0) is 63.9 Å². The normalized spacial score (nSPS) is 18.6. The number of rotatable bonds is 6. The average Bonchev–Trinajstić information content (AvgIpc) is 2.83. The number of ether oxygens (including phenoxy) is 2. The number of anilines is 4. The molecule has 1 atom stereocenters. The van der Waals surface area contributed by atoms with Crippen LogP contribution in [0.3, 0.4) is 0 Å². The highest BCUT2D eigenvalue weighted by molar-refractivity contribution is 6.04. The van der Waals surface area contributed by atoms with Gasteiger partial charge in [0.15, 0.2) is 5.82 Å². The maximum atomic E-state index is 12.9. The Labute approximate surface area is 200 Å². The summed E-state index contributed by atoms with van der Waals surface area (Å²) in [5, 5.41) is 6.21. The van der Waals surface area contributed by atoms with Crippen LogP contribution in [0.25, 0.3) is 0 Å². The van der Waals surface area contributed by atoms with Gasteiger partial charge in [0, 0.05) is 37.9 Å². The van der Waals surface area contributed by atoms with Gasteiger partial charge in [0.05, 0.1) is 18.5 Å². The Morgan fingerprint density at radius 2 is 1.94 bits per heavy atom. The number of nitrogens with zero attached hydrogens (tertiary/aromatic N) is 3. The molecule has 2 aromatic rings. The van der Waals surface area contributed by atoms with Crippen LogP contribution in [0.5, 0.6) is 5.75 Å². The molecule has 1 aromatic heterocycles. The molecule has 34 heavy (non-hydrogen) atoms. The third-order valence-corrected chi connectivity index (χ3v) is 6.30. The van der Waals surface area contributed by atoms with E-state index in [1.807, 2.05) is 39.0 Å². The SMILES string of the molecule is COc1cc(C(=O)NC(C)C)ccc1Nc1ccc2c(n1)N(C1CCOCC1)[C@H](C)C(=O)N2C. The van der Waals surface area contributed by atoms with Gasteiger partial charge in [-0.15, -0.1) is 0 Å². The Balaban J connectivity index is 1.65. The second kappa shape index (κ2) is 9.89. The Morgan fingerprint density at radius 1 is 1.21 bits per heavy atom. The fourth-order valence-corrected chi connectivity index (χ4v) is 4.54. The number of carbonyl (C=O) groups is 2. The van der Waals surface area contributed by atoms with E-state index in [0.29, 0.717) is 36.0 Å². The first-order chi connectivity index (χ1) is 16.3. The van der Waals surface area contributed by atoms with Gasteiger partial charge in [-0.2, -0.15) is 0 Å². The third-order valence-electron chi connectivity index (χ3n) is 6.30. The van der Waals surface area contributed by atoms with Crippen LogP contribution in [0.2, 0.25) is 0 Å². The first-order valence-electron chi connectivity index (χ1n) is 11.7. The molecule has 9 heteroatoms. The van der Waals surface area contributed by atoms with E-state index in [-0.39, 0.29) is 29.9 Å². The number of benzene rings is 1. The van der Waals surface area contributed by atoms with Crippen LogP contribution >= 0.6 is 0 Å². The summed E-state index contributed by atoms with van der Waals surface area (Å²) in [6.45, 7) is 7.13. The molecule has 2 aliphatic rings. The van der Waals surface area contributed by atoms with E-state index in [2.05, 4.69) is 15.5 Å².